The molecule has 0 saturated heterocycles. The third kappa shape index (κ3) is 2.25. The van der Waals surface area contributed by atoms with Gasteiger partial charge in [0.1, 0.15) is 0 Å². The van der Waals surface area contributed by atoms with Crippen molar-refractivity contribution in [3.8, 4) is 0 Å². The molecule has 3 N–H and O–H groups in total. The van der Waals surface area contributed by atoms with E-state index in [4.69, 9.17) is 5.73 Å². The highest BCUT2D eigenvalue weighted by atomic mass is 32.1. The van der Waals surface area contributed by atoms with E-state index in [-0.39, 0.29) is 17.6 Å². The maximum absolute atomic E-state index is 9.20. The van der Waals surface area contributed by atoms with Gasteiger partial charge in [0.05, 0.1) is 0 Å². The van der Waals surface area contributed by atoms with Crippen molar-refractivity contribution in [1.29, 1.82) is 0 Å². The number of aliphatic hydroxyl groups is 1. The van der Waals surface area contributed by atoms with Crippen LogP contribution in [0.5, 0.6) is 0 Å². The van der Waals surface area contributed by atoms with Crippen LogP contribution in [0, 0.1) is 6.92 Å². The molecule has 0 radical (unpaired) electrons. The maximum atomic E-state index is 9.20. The molecular weight excluding hydrogens is 206 g/mol. The molecule has 0 aliphatic heterocycles. The largest absolute Gasteiger partial charge is 0.396 e. The monoisotopic (exact) mass is 227 g/mol. The molecule has 1 unspecified atom stereocenters. The number of aliphatic hydroxyl groups excluding tert-OH is 1. The van der Waals surface area contributed by atoms with Crippen LogP contribution in [0.25, 0.3) is 0 Å². The minimum Gasteiger partial charge on any atom is -0.396 e. The zero-order chi connectivity index (χ0) is 11.7. The smallest absolute Gasteiger partial charge is 0.0440 e. The summed E-state index contributed by atoms with van der Waals surface area (Å²) in [7, 11) is 0. The van der Waals surface area contributed by atoms with Gasteiger partial charge in [-0.25, -0.2) is 0 Å². The number of nitrogens with two attached hydrogens (primary N) is 1. The highest BCUT2D eigenvalue weighted by molar-refractivity contribution is 7.10. The Labute approximate surface area is 96.1 Å². The second-order valence-electron chi connectivity index (χ2n) is 4.96. The van der Waals surface area contributed by atoms with Crippen LogP contribution in [-0.2, 0) is 5.41 Å². The van der Waals surface area contributed by atoms with Gasteiger partial charge in [0.2, 0.25) is 0 Å². The van der Waals surface area contributed by atoms with Crippen LogP contribution in [0.2, 0.25) is 0 Å². The van der Waals surface area contributed by atoms with Crippen LogP contribution in [0.3, 0.4) is 0 Å². The Morgan fingerprint density at radius 2 is 2.00 bits per heavy atom. The Balaban J connectivity index is 3.19. The van der Waals surface area contributed by atoms with Crippen molar-refractivity contribution in [3.63, 3.8) is 0 Å². The fraction of sp³-hybridized carbons (Fsp3) is 0.667. The topological polar surface area (TPSA) is 46.2 Å². The number of hydrogen-bond donors (Lipinski definition) is 2. The van der Waals surface area contributed by atoms with Gasteiger partial charge in [-0.15, -0.1) is 11.3 Å². The molecule has 0 fully saturated rings. The van der Waals surface area contributed by atoms with Gasteiger partial charge in [-0.3, -0.25) is 0 Å². The van der Waals surface area contributed by atoms with E-state index in [2.05, 4.69) is 25.3 Å². The lowest BCUT2D eigenvalue weighted by Crippen LogP contribution is -2.52. The Morgan fingerprint density at radius 1 is 1.40 bits per heavy atom. The van der Waals surface area contributed by atoms with E-state index >= 15 is 0 Å². The minimum absolute atomic E-state index is 0.153. The average Bonchev–Trinajstić information content (AvgIpc) is 2.50. The van der Waals surface area contributed by atoms with E-state index in [0.29, 0.717) is 6.42 Å². The highest BCUT2D eigenvalue weighted by Crippen LogP contribution is 2.41. The molecule has 3 heteroatoms. The maximum Gasteiger partial charge on any atom is 0.0440 e. The lowest BCUT2D eigenvalue weighted by atomic mass is 9.69. The average molecular weight is 227 g/mol. The van der Waals surface area contributed by atoms with Crippen LogP contribution in [0.4, 0.5) is 0 Å². The first kappa shape index (κ1) is 12.7. The summed E-state index contributed by atoms with van der Waals surface area (Å²) in [4.78, 5) is 1.30. The third-order valence-electron chi connectivity index (χ3n) is 3.40. The lowest BCUT2D eigenvalue weighted by molar-refractivity contribution is 0.193. The zero-order valence-electron chi connectivity index (χ0n) is 10.0. The standard InChI is InChI=1S/C12H21NOS/c1-9-5-8-15-10(9)12(4,6-7-14)11(2,3)13/h5,8,14H,6-7,13H2,1-4H3. The van der Waals surface area contributed by atoms with Crippen molar-refractivity contribution in [2.24, 2.45) is 5.73 Å². The van der Waals surface area contributed by atoms with Gasteiger partial charge in [0.25, 0.3) is 0 Å². The van der Waals surface area contributed by atoms with E-state index in [9.17, 15) is 5.11 Å². The summed E-state index contributed by atoms with van der Waals surface area (Å²) in [6, 6.07) is 2.11. The predicted molar refractivity (Wildman–Crippen MR) is 66.4 cm³/mol. The Kier molecular flexibility index (Phi) is 3.59. The fourth-order valence-corrected chi connectivity index (χ4v) is 3.18. The summed E-state index contributed by atoms with van der Waals surface area (Å²) in [5.41, 5.74) is 7.05. The normalized spacial score (nSPS) is 16.4. The van der Waals surface area contributed by atoms with Crippen molar-refractivity contribution in [1.82, 2.24) is 0 Å². The van der Waals surface area contributed by atoms with Crippen LogP contribution in [0.15, 0.2) is 11.4 Å². The Morgan fingerprint density at radius 3 is 2.33 bits per heavy atom. The van der Waals surface area contributed by atoms with Gasteiger partial charge in [0, 0.05) is 22.4 Å². The first-order chi connectivity index (χ1) is 6.83. The van der Waals surface area contributed by atoms with Crippen molar-refractivity contribution >= 4 is 11.3 Å². The van der Waals surface area contributed by atoms with Crippen LogP contribution in [0.1, 0.15) is 37.6 Å². The van der Waals surface area contributed by atoms with E-state index < -0.39 is 0 Å². The molecule has 0 aromatic carbocycles. The number of hydrogen-bond acceptors (Lipinski definition) is 3. The molecule has 86 valence electrons. The summed E-state index contributed by atoms with van der Waals surface area (Å²) < 4.78 is 0. The summed E-state index contributed by atoms with van der Waals surface area (Å²) in [6.45, 7) is 8.48. The molecule has 2 nitrogen and oxygen atoms in total. The van der Waals surface area contributed by atoms with E-state index in [1.807, 2.05) is 13.8 Å². The van der Waals surface area contributed by atoms with Crippen LogP contribution >= 0.6 is 11.3 Å². The van der Waals surface area contributed by atoms with Gasteiger partial charge in [-0.05, 0) is 44.2 Å². The minimum atomic E-state index is -0.328. The number of aryl methyl sites for hydroxylation is 1. The first-order valence-corrected chi connectivity index (χ1v) is 6.15. The van der Waals surface area contributed by atoms with Gasteiger partial charge in [-0.2, -0.15) is 0 Å². The van der Waals surface area contributed by atoms with E-state index in [0.717, 1.165) is 0 Å². The molecule has 0 aliphatic carbocycles. The lowest BCUT2D eigenvalue weighted by Gasteiger charge is -2.41. The Bertz CT molecular complexity index is 327. The fourth-order valence-electron chi connectivity index (χ4n) is 1.89. The van der Waals surface area contributed by atoms with Crippen LogP contribution < -0.4 is 5.73 Å². The molecule has 0 saturated carbocycles. The molecule has 0 spiro atoms. The quantitative estimate of drug-likeness (QED) is 0.830. The van der Waals surface area contributed by atoms with Gasteiger partial charge in [0.15, 0.2) is 0 Å². The molecule has 1 aromatic heterocycles. The summed E-state index contributed by atoms with van der Waals surface area (Å²) in [6.07, 6.45) is 0.706. The summed E-state index contributed by atoms with van der Waals surface area (Å²) in [5.74, 6) is 0. The summed E-state index contributed by atoms with van der Waals surface area (Å²) >= 11 is 1.73. The molecule has 1 aromatic rings. The van der Waals surface area contributed by atoms with Gasteiger partial charge < -0.3 is 10.8 Å². The molecule has 0 bridgehead atoms. The molecule has 0 aliphatic rings. The van der Waals surface area contributed by atoms with Crippen molar-refractivity contribution < 1.29 is 5.11 Å². The molecular formula is C12H21NOS. The zero-order valence-corrected chi connectivity index (χ0v) is 10.8. The molecule has 1 atom stereocenters. The van der Waals surface area contributed by atoms with Gasteiger partial charge >= 0.3 is 0 Å². The Hall–Kier alpha value is -0.380. The SMILES string of the molecule is Cc1ccsc1C(C)(CCO)C(C)(C)N. The molecule has 15 heavy (non-hydrogen) atoms. The molecule has 1 heterocycles. The number of thiophene rings is 1. The second kappa shape index (κ2) is 4.24. The van der Waals surface area contributed by atoms with E-state index in [1.54, 1.807) is 11.3 Å². The predicted octanol–water partition coefficient (Wildman–Crippen LogP) is 2.43. The second-order valence-corrected chi connectivity index (χ2v) is 5.88. The number of rotatable bonds is 4. The van der Waals surface area contributed by atoms with Crippen molar-refractivity contribution in [2.75, 3.05) is 6.61 Å². The van der Waals surface area contributed by atoms with Crippen molar-refractivity contribution in [3.05, 3.63) is 21.9 Å². The van der Waals surface area contributed by atoms with E-state index in [1.165, 1.54) is 10.4 Å². The van der Waals surface area contributed by atoms with Crippen molar-refractivity contribution in [2.45, 2.75) is 45.1 Å². The van der Waals surface area contributed by atoms with Crippen LogP contribution in [-0.4, -0.2) is 17.3 Å². The molecule has 1 rings (SSSR count). The third-order valence-corrected chi connectivity index (χ3v) is 4.68. The highest BCUT2D eigenvalue weighted by Gasteiger charge is 2.40. The molecule has 0 amide bonds. The summed E-state index contributed by atoms with van der Waals surface area (Å²) in [5, 5.41) is 11.3. The van der Waals surface area contributed by atoms with Gasteiger partial charge in [-0.1, -0.05) is 6.92 Å². The first-order valence-electron chi connectivity index (χ1n) is 5.27.